The van der Waals surface area contributed by atoms with E-state index in [9.17, 15) is 0 Å². The molecule has 1 saturated heterocycles. The molecule has 0 amide bonds. The van der Waals surface area contributed by atoms with Gasteiger partial charge < -0.3 is 4.90 Å². The lowest BCUT2D eigenvalue weighted by Crippen LogP contribution is -2.26. The van der Waals surface area contributed by atoms with Gasteiger partial charge in [0.05, 0.1) is 5.71 Å². The Bertz CT molecular complexity index is 532. The summed E-state index contributed by atoms with van der Waals surface area (Å²) in [6.45, 7) is 4.03. The van der Waals surface area contributed by atoms with E-state index in [1.54, 1.807) is 0 Å². The second kappa shape index (κ2) is 4.21. The zero-order valence-electron chi connectivity index (χ0n) is 10.7. The van der Waals surface area contributed by atoms with Crippen LogP contribution < -0.4 is 0 Å². The summed E-state index contributed by atoms with van der Waals surface area (Å²) in [7, 11) is 2.11. The molecular weight excluding hydrogens is 242 g/mol. The number of likely N-dealkylation sites (tertiary alicyclic amines) is 1. The van der Waals surface area contributed by atoms with E-state index in [0.717, 1.165) is 35.8 Å². The molecule has 3 nitrogen and oxygen atoms in total. The average molecular weight is 259 g/mol. The SMILES string of the molecule is Cc1ccc(C2=NC3(CCN(C)C3)N=C2S)cc1. The van der Waals surface area contributed by atoms with E-state index in [4.69, 9.17) is 4.99 Å². The minimum Gasteiger partial charge on any atom is -0.302 e. The molecule has 0 radical (unpaired) electrons. The second-order valence-corrected chi connectivity index (χ2v) is 5.66. The van der Waals surface area contributed by atoms with Gasteiger partial charge in [0.15, 0.2) is 5.66 Å². The Labute approximate surface area is 113 Å². The minimum atomic E-state index is -0.272. The van der Waals surface area contributed by atoms with E-state index in [1.807, 2.05) is 0 Å². The van der Waals surface area contributed by atoms with Crippen LogP contribution in [0.1, 0.15) is 17.5 Å². The van der Waals surface area contributed by atoms with Gasteiger partial charge in [-0.25, -0.2) is 4.99 Å². The minimum absolute atomic E-state index is 0.272. The first kappa shape index (κ1) is 11.9. The predicted octanol–water partition coefficient (Wildman–Crippen LogP) is 2.16. The van der Waals surface area contributed by atoms with E-state index in [0.29, 0.717) is 0 Å². The van der Waals surface area contributed by atoms with Crippen LogP contribution in [0.4, 0.5) is 0 Å². The normalized spacial score (nSPS) is 27.7. The smallest absolute Gasteiger partial charge is 0.166 e. The Morgan fingerprint density at radius 1 is 1.22 bits per heavy atom. The predicted molar refractivity (Wildman–Crippen MR) is 79.0 cm³/mol. The van der Waals surface area contributed by atoms with Crippen LogP contribution >= 0.6 is 12.6 Å². The van der Waals surface area contributed by atoms with Crippen molar-refractivity contribution in [2.45, 2.75) is 19.0 Å². The number of aryl methyl sites for hydroxylation is 1. The summed E-state index contributed by atoms with van der Waals surface area (Å²) in [4.78, 5) is 11.8. The first-order valence-electron chi connectivity index (χ1n) is 6.23. The lowest BCUT2D eigenvalue weighted by atomic mass is 10.1. The summed E-state index contributed by atoms with van der Waals surface area (Å²) >= 11 is 4.50. The number of thiol groups is 1. The van der Waals surface area contributed by atoms with Gasteiger partial charge in [0.2, 0.25) is 0 Å². The molecule has 1 spiro atoms. The number of rotatable bonds is 1. The Morgan fingerprint density at radius 3 is 2.56 bits per heavy atom. The fourth-order valence-corrected chi connectivity index (χ4v) is 2.95. The van der Waals surface area contributed by atoms with E-state index in [-0.39, 0.29) is 5.66 Å². The molecular formula is C14H17N3S. The van der Waals surface area contributed by atoms with Crippen molar-refractivity contribution in [3.8, 4) is 0 Å². The van der Waals surface area contributed by atoms with Crippen molar-refractivity contribution in [1.29, 1.82) is 0 Å². The highest BCUT2D eigenvalue weighted by Gasteiger charge is 2.40. The van der Waals surface area contributed by atoms with Crippen LogP contribution in [0.15, 0.2) is 34.3 Å². The van der Waals surface area contributed by atoms with Gasteiger partial charge in [-0.3, -0.25) is 4.99 Å². The van der Waals surface area contributed by atoms with Gasteiger partial charge in [-0.05, 0) is 14.0 Å². The van der Waals surface area contributed by atoms with Crippen molar-refractivity contribution < 1.29 is 0 Å². The topological polar surface area (TPSA) is 28.0 Å². The lowest BCUT2D eigenvalue weighted by Gasteiger charge is -2.15. The molecule has 1 aromatic carbocycles. The molecule has 94 valence electrons. The molecule has 0 bridgehead atoms. The largest absolute Gasteiger partial charge is 0.302 e. The molecule has 0 saturated carbocycles. The first-order valence-corrected chi connectivity index (χ1v) is 6.67. The second-order valence-electron chi connectivity index (χ2n) is 5.23. The number of hydrogen-bond acceptors (Lipinski definition) is 3. The number of nitrogens with zero attached hydrogens (tertiary/aromatic N) is 3. The highest BCUT2D eigenvalue weighted by atomic mass is 32.1. The van der Waals surface area contributed by atoms with Crippen LogP contribution in [-0.4, -0.2) is 41.5 Å². The Hall–Kier alpha value is -1.13. The number of benzene rings is 1. The number of likely N-dealkylation sites (N-methyl/N-ethyl adjacent to an activating group) is 1. The van der Waals surface area contributed by atoms with Gasteiger partial charge in [0, 0.05) is 25.1 Å². The maximum atomic E-state index is 4.85. The zero-order chi connectivity index (χ0) is 12.8. The standard InChI is InChI=1S/C14H17N3S/c1-10-3-5-11(6-4-10)12-13(18)16-14(15-12)7-8-17(2)9-14/h3-6H,7-9H2,1-2H3,(H,16,18). The third kappa shape index (κ3) is 1.99. The van der Waals surface area contributed by atoms with Gasteiger partial charge in [-0.15, -0.1) is 12.6 Å². The summed E-state index contributed by atoms with van der Waals surface area (Å²) in [5, 5.41) is 0.772. The first-order chi connectivity index (χ1) is 8.58. The lowest BCUT2D eigenvalue weighted by molar-refractivity contribution is 0.379. The van der Waals surface area contributed by atoms with Crippen LogP contribution in [0, 0.1) is 6.92 Å². The quantitative estimate of drug-likeness (QED) is 0.769. The molecule has 2 aliphatic rings. The van der Waals surface area contributed by atoms with Crippen molar-refractivity contribution in [2.24, 2.45) is 9.98 Å². The molecule has 2 heterocycles. The van der Waals surface area contributed by atoms with E-state index in [2.05, 4.69) is 60.8 Å². The van der Waals surface area contributed by atoms with E-state index < -0.39 is 0 Å². The summed E-state index contributed by atoms with van der Waals surface area (Å²) in [5.41, 5.74) is 3.03. The maximum absolute atomic E-state index is 4.85. The van der Waals surface area contributed by atoms with Crippen LogP contribution in [-0.2, 0) is 0 Å². The van der Waals surface area contributed by atoms with E-state index in [1.165, 1.54) is 5.56 Å². The molecule has 1 aromatic rings. The maximum Gasteiger partial charge on any atom is 0.166 e. The fraction of sp³-hybridized carbons (Fsp3) is 0.429. The van der Waals surface area contributed by atoms with Crippen molar-refractivity contribution in [1.82, 2.24) is 4.90 Å². The molecule has 0 aromatic heterocycles. The van der Waals surface area contributed by atoms with Gasteiger partial charge in [0.25, 0.3) is 0 Å². The van der Waals surface area contributed by atoms with Crippen molar-refractivity contribution in [3.63, 3.8) is 0 Å². The molecule has 0 N–H and O–H groups in total. The van der Waals surface area contributed by atoms with Gasteiger partial charge >= 0.3 is 0 Å². The summed E-state index contributed by atoms with van der Waals surface area (Å²) in [5.74, 6) is 0. The summed E-state index contributed by atoms with van der Waals surface area (Å²) < 4.78 is 0. The van der Waals surface area contributed by atoms with Gasteiger partial charge in [-0.2, -0.15) is 0 Å². The fourth-order valence-electron chi connectivity index (χ4n) is 2.58. The van der Waals surface area contributed by atoms with Crippen LogP contribution in [0.25, 0.3) is 0 Å². The zero-order valence-corrected chi connectivity index (χ0v) is 11.6. The molecule has 2 aliphatic heterocycles. The monoisotopic (exact) mass is 259 g/mol. The Kier molecular flexibility index (Phi) is 2.79. The van der Waals surface area contributed by atoms with Crippen molar-refractivity contribution >= 4 is 23.4 Å². The van der Waals surface area contributed by atoms with Gasteiger partial charge in [0.1, 0.15) is 5.04 Å². The van der Waals surface area contributed by atoms with Crippen LogP contribution in [0.5, 0.6) is 0 Å². The number of aliphatic imine (C=N–C) groups is 2. The Morgan fingerprint density at radius 2 is 1.94 bits per heavy atom. The average Bonchev–Trinajstić information content (AvgIpc) is 2.84. The molecule has 1 atom stereocenters. The highest BCUT2D eigenvalue weighted by molar-refractivity contribution is 7.99. The van der Waals surface area contributed by atoms with Crippen LogP contribution in [0.3, 0.4) is 0 Å². The molecule has 4 heteroatoms. The van der Waals surface area contributed by atoms with Crippen molar-refractivity contribution in [3.05, 3.63) is 35.4 Å². The molecule has 1 unspecified atom stereocenters. The van der Waals surface area contributed by atoms with Crippen LogP contribution in [0.2, 0.25) is 0 Å². The molecule has 3 rings (SSSR count). The third-order valence-corrected chi connectivity index (χ3v) is 3.90. The molecule has 1 fully saturated rings. The summed E-state index contributed by atoms with van der Waals surface area (Å²) in [6.07, 6.45) is 0.989. The highest BCUT2D eigenvalue weighted by Crippen LogP contribution is 2.32. The molecule has 18 heavy (non-hydrogen) atoms. The Balaban J connectivity index is 1.96. The summed E-state index contributed by atoms with van der Waals surface area (Å²) in [6, 6.07) is 8.39. The molecule has 0 aliphatic carbocycles. The van der Waals surface area contributed by atoms with E-state index >= 15 is 0 Å². The van der Waals surface area contributed by atoms with Crippen molar-refractivity contribution in [2.75, 3.05) is 20.1 Å². The third-order valence-electron chi connectivity index (χ3n) is 3.59. The van der Waals surface area contributed by atoms with Gasteiger partial charge in [-0.1, -0.05) is 29.8 Å². The number of hydrogen-bond donors (Lipinski definition) is 1.